The summed E-state index contributed by atoms with van der Waals surface area (Å²) in [5.41, 5.74) is 0. The van der Waals surface area contributed by atoms with Crippen LogP contribution in [0.25, 0.3) is 0 Å². The van der Waals surface area contributed by atoms with Gasteiger partial charge in [0.2, 0.25) is 0 Å². The lowest BCUT2D eigenvalue weighted by molar-refractivity contribution is -0.167. The molecule has 0 aromatic carbocycles. The van der Waals surface area contributed by atoms with Gasteiger partial charge >= 0.3 is 17.9 Å². The van der Waals surface area contributed by atoms with Gasteiger partial charge in [-0.2, -0.15) is 0 Å². The predicted molar refractivity (Wildman–Crippen MR) is 288 cm³/mol. The largest absolute Gasteiger partial charge is 0.462 e. The molecule has 0 aliphatic heterocycles. The third kappa shape index (κ3) is 52.6. The molecule has 0 unspecified atom stereocenters. The Kier molecular flexibility index (Phi) is 51.0. The third-order valence-corrected chi connectivity index (χ3v) is 10.9. The average Bonchev–Trinajstić information content (AvgIpc) is 3.33. The van der Waals surface area contributed by atoms with Crippen LogP contribution in [-0.2, 0) is 28.6 Å². The minimum Gasteiger partial charge on any atom is -0.462 e. The topological polar surface area (TPSA) is 78.9 Å². The summed E-state index contributed by atoms with van der Waals surface area (Å²) in [6.07, 6.45) is 74.7. The summed E-state index contributed by atoms with van der Waals surface area (Å²) < 4.78 is 16.7. The molecular weight excluding hydrogens is 829 g/mol. The van der Waals surface area contributed by atoms with E-state index in [2.05, 4.69) is 142 Å². The zero-order valence-corrected chi connectivity index (χ0v) is 43.1. The number of esters is 3. The molecule has 0 aromatic rings. The molecule has 0 spiro atoms. The normalized spacial score (nSPS) is 13.1. The number of unbranched alkanes of at least 4 members (excludes halogenated alkanes) is 16. The Morgan fingerprint density at radius 1 is 0.313 bits per heavy atom. The van der Waals surface area contributed by atoms with Gasteiger partial charge in [-0.25, -0.2) is 0 Å². The molecule has 0 rings (SSSR count). The van der Waals surface area contributed by atoms with Crippen molar-refractivity contribution in [2.75, 3.05) is 13.2 Å². The zero-order valence-electron chi connectivity index (χ0n) is 43.1. The monoisotopic (exact) mass is 927 g/mol. The lowest BCUT2D eigenvalue weighted by atomic mass is 10.1. The van der Waals surface area contributed by atoms with Crippen LogP contribution in [0.4, 0.5) is 0 Å². The van der Waals surface area contributed by atoms with Gasteiger partial charge in [0.15, 0.2) is 6.10 Å². The van der Waals surface area contributed by atoms with Gasteiger partial charge in [-0.1, -0.05) is 200 Å². The fourth-order valence-electron chi connectivity index (χ4n) is 6.87. The van der Waals surface area contributed by atoms with Gasteiger partial charge in [-0.05, 0) is 128 Å². The molecule has 0 saturated carbocycles. The van der Waals surface area contributed by atoms with Crippen molar-refractivity contribution in [1.82, 2.24) is 0 Å². The first kappa shape index (κ1) is 62.8. The first-order valence-corrected chi connectivity index (χ1v) is 27.0. The number of ether oxygens (including phenoxy) is 3. The summed E-state index contributed by atoms with van der Waals surface area (Å²) in [4.78, 5) is 38.1. The highest BCUT2D eigenvalue weighted by molar-refractivity contribution is 5.71. The lowest BCUT2D eigenvalue weighted by Gasteiger charge is -2.18. The summed E-state index contributed by atoms with van der Waals surface area (Å²) in [6.45, 7) is 6.38. The highest BCUT2D eigenvalue weighted by Crippen LogP contribution is 2.12. The molecule has 67 heavy (non-hydrogen) atoms. The highest BCUT2D eigenvalue weighted by Gasteiger charge is 2.19. The van der Waals surface area contributed by atoms with Crippen molar-refractivity contribution in [3.05, 3.63) is 122 Å². The maximum absolute atomic E-state index is 12.8. The van der Waals surface area contributed by atoms with Crippen molar-refractivity contribution in [1.29, 1.82) is 0 Å². The minimum absolute atomic E-state index is 0.120. The second kappa shape index (κ2) is 54.4. The Morgan fingerprint density at radius 3 is 0.955 bits per heavy atom. The maximum atomic E-state index is 12.8. The summed E-state index contributed by atoms with van der Waals surface area (Å²) in [7, 11) is 0. The molecule has 0 bridgehead atoms. The molecule has 0 radical (unpaired) electrons. The van der Waals surface area contributed by atoms with Gasteiger partial charge in [0, 0.05) is 19.3 Å². The fourth-order valence-corrected chi connectivity index (χ4v) is 6.87. The van der Waals surface area contributed by atoms with E-state index < -0.39 is 6.10 Å². The molecule has 0 saturated heterocycles. The Bertz CT molecular complexity index is 1440. The molecule has 0 amide bonds. The minimum atomic E-state index is -0.827. The van der Waals surface area contributed by atoms with E-state index in [1.165, 1.54) is 51.4 Å². The van der Waals surface area contributed by atoms with Crippen LogP contribution < -0.4 is 0 Å². The summed E-state index contributed by atoms with van der Waals surface area (Å²) in [5.74, 6) is -1.02. The van der Waals surface area contributed by atoms with E-state index >= 15 is 0 Å². The molecule has 0 fully saturated rings. The number of carbonyl (C=O) groups excluding carboxylic acids is 3. The van der Waals surface area contributed by atoms with E-state index in [-0.39, 0.29) is 37.5 Å². The Labute approximate surface area is 412 Å². The van der Waals surface area contributed by atoms with Gasteiger partial charge in [0.25, 0.3) is 0 Å². The quantitative estimate of drug-likeness (QED) is 0.0262. The van der Waals surface area contributed by atoms with Crippen LogP contribution in [0.1, 0.15) is 226 Å². The zero-order chi connectivity index (χ0) is 48.6. The summed E-state index contributed by atoms with van der Waals surface area (Å²) >= 11 is 0. The molecule has 0 aromatic heterocycles. The van der Waals surface area contributed by atoms with Crippen LogP contribution in [-0.4, -0.2) is 37.2 Å². The van der Waals surface area contributed by atoms with Crippen molar-refractivity contribution in [3.63, 3.8) is 0 Å². The number of allylic oxidation sites excluding steroid dienone is 20. The average molecular weight is 927 g/mol. The molecule has 378 valence electrons. The standard InChI is InChI=1S/C61H98O6/c1-4-7-10-13-16-19-22-25-28-30-33-36-39-42-45-48-51-54-60(63)66-57-58(56-65-59(62)53-50-47-44-41-38-35-32-27-24-21-18-15-12-9-6-3)67-61(64)55-52-49-46-43-40-37-34-31-29-26-23-20-17-14-11-8-5-2/h9,12,16-21,25-29,32-34,36-37,43,46,58H,4-8,10-11,13-15,22-24,30-31,35,38-42,44-45,47-57H2,1-3H3/b12-9-,19-16-,20-17-,21-18-,28-25-,29-26-,32-27-,36-33-,37-34-,46-43-/t58-/m1/s1. The second-order valence-electron chi connectivity index (χ2n) is 17.4. The van der Waals surface area contributed by atoms with Crippen molar-refractivity contribution < 1.29 is 28.6 Å². The van der Waals surface area contributed by atoms with E-state index in [4.69, 9.17) is 14.2 Å². The fraction of sp³-hybridized carbons (Fsp3) is 0.623. The van der Waals surface area contributed by atoms with Crippen molar-refractivity contribution >= 4 is 17.9 Å². The molecule has 6 heteroatoms. The van der Waals surface area contributed by atoms with Gasteiger partial charge < -0.3 is 14.2 Å². The summed E-state index contributed by atoms with van der Waals surface area (Å²) in [6, 6.07) is 0. The van der Waals surface area contributed by atoms with Crippen molar-refractivity contribution in [2.45, 2.75) is 232 Å². The molecule has 6 nitrogen and oxygen atoms in total. The van der Waals surface area contributed by atoms with Crippen molar-refractivity contribution in [3.8, 4) is 0 Å². The van der Waals surface area contributed by atoms with E-state index in [9.17, 15) is 14.4 Å². The van der Waals surface area contributed by atoms with Gasteiger partial charge in [0.05, 0.1) is 0 Å². The van der Waals surface area contributed by atoms with E-state index in [1.807, 2.05) is 0 Å². The van der Waals surface area contributed by atoms with Gasteiger partial charge in [-0.15, -0.1) is 0 Å². The van der Waals surface area contributed by atoms with Crippen LogP contribution in [0.15, 0.2) is 122 Å². The number of rotatable bonds is 47. The predicted octanol–water partition coefficient (Wildman–Crippen LogP) is 18.1. The molecule has 0 aliphatic rings. The van der Waals surface area contributed by atoms with Crippen LogP contribution in [0.5, 0.6) is 0 Å². The Hall–Kier alpha value is -4.19. The molecule has 1 atom stereocenters. The molecule has 0 N–H and O–H groups in total. The first-order chi connectivity index (χ1) is 33.0. The molecular formula is C61H98O6. The lowest BCUT2D eigenvalue weighted by Crippen LogP contribution is -2.30. The van der Waals surface area contributed by atoms with Crippen molar-refractivity contribution in [2.24, 2.45) is 0 Å². The number of hydrogen-bond acceptors (Lipinski definition) is 6. The van der Waals surface area contributed by atoms with Crippen LogP contribution in [0, 0.1) is 0 Å². The summed E-state index contributed by atoms with van der Waals surface area (Å²) in [5, 5.41) is 0. The Balaban J connectivity index is 4.57. The smallest absolute Gasteiger partial charge is 0.306 e. The van der Waals surface area contributed by atoms with Crippen LogP contribution >= 0.6 is 0 Å². The number of carbonyl (C=O) groups is 3. The Morgan fingerprint density at radius 2 is 0.597 bits per heavy atom. The molecule has 0 heterocycles. The third-order valence-electron chi connectivity index (χ3n) is 10.9. The van der Waals surface area contributed by atoms with Gasteiger partial charge in [0.1, 0.15) is 13.2 Å². The molecule has 0 aliphatic carbocycles. The van der Waals surface area contributed by atoms with Gasteiger partial charge in [-0.3, -0.25) is 14.4 Å². The van der Waals surface area contributed by atoms with E-state index in [1.54, 1.807) is 0 Å². The highest BCUT2D eigenvalue weighted by atomic mass is 16.6. The van der Waals surface area contributed by atoms with Crippen LogP contribution in [0.3, 0.4) is 0 Å². The van der Waals surface area contributed by atoms with E-state index in [0.29, 0.717) is 19.3 Å². The first-order valence-electron chi connectivity index (χ1n) is 27.0. The van der Waals surface area contributed by atoms with E-state index in [0.717, 1.165) is 128 Å². The van der Waals surface area contributed by atoms with Crippen LogP contribution in [0.2, 0.25) is 0 Å². The number of hydrogen-bond donors (Lipinski definition) is 0. The maximum Gasteiger partial charge on any atom is 0.306 e. The second-order valence-corrected chi connectivity index (χ2v) is 17.4. The SMILES string of the molecule is CC/C=C\C/C=C\C/C=C\CCCCCCCC(=O)OC[C@H](COC(=O)CCCCCC/C=C\C/C=C\C/C=C\CCCCC)OC(=O)CCC/C=C\C/C=C\C/C=C\C/C=C\CCCCC.